The highest BCUT2D eigenvalue weighted by molar-refractivity contribution is 9.10. The molecule has 0 amide bonds. The molecule has 2 fully saturated rings. The molecule has 4 atom stereocenters. The first-order valence-corrected chi connectivity index (χ1v) is 10.3. The zero-order chi connectivity index (χ0) is 22.6. The van der Waals surface area contributed by atoms with Crippen LogP contribution in [-0.4, -0.2) is 5.90 Å². The van der Waals surface area contributed by atoms with Crippen molar-refractivity contribution in [1.82, 2.24) is 0 Å². The predicted octanol–water partition coefficient (Wildman–Crippen LogP) is 5.35. The minimum Gasteiger partial charge on any atom is -0.443 e. The number of hydrogen-bond donors (Lipinski definition) is 1. The lowest BCUT2D eigenvalue weighted by Gasteiger charge is -2.48. The van der Waals surface area contributed by atoms with Gasteiger partial charge in [-0.25, -0.2) is 4.39 Å². The van der Waals surface area contributed by atoms with Crippen molar-refractivity contribution in [2.24, 2.45) is 16.7 Å². The molecule has 4 unspecified atom stereocenters. The smallest absolute Gasteiger partial charge is 0.244 e. The molecule has 2 heterocycles. The van der Waals surface area contributed by atoms with Gasteiger partial charge in [-0.05, 0) is 29.8 Å². The Morgan fingerprint density at radius 3 is 2.29 bits per heavy atom. The number of nitrogens with zero attached hydrogens (tertiary/aromatic N) is 3. The van der Waals surface area contributed by atoms with Gasteiger partial charge in [0.1, 0.15) is 11.9 Å². The highest BCUT2D eigenvalue weighted by atomic mass is 79.9. The third-order valence-electron chi connectivity index (χ3n) is 6.16. The molecule has 0 aromatic heterocycles. The highest BCUT2D eigenvalue weighted by Crippen LogP contribution is 2.69. The second-order valence-corrected chi connectivity index (χ2v) is 8.77. The first-order valence-electron chi connectivity index (χ1n) is 9.13. The molecule has 2 aromatic rings. The topological polar surface area (TPSA) is 114 Å². The lowest BCUT2D eigenvalue weighted by molar-refractivity contribution is -0.288. The Hall–Kier alpha value is -2.96. The van der Waals surface area contributed by atoms with E-state index in [4.69, 9.17) is 26.5 Å². The highest BCUT2D eigenvalue weighted by Gasteiger charge is 2.79. The Balaban J connectivity index is 2.04. The summed E-state index contributed by atoms with van der Waals surface area (Å²) >= 11 is 9.16. The molecule has 2 saturated heterocycles. The molecule has 6 nitrogen and oxygen atoms in total. The van der Waals surface area contributed by atoms with E-state index < -0.39 is 40.4 Å². The molecule has 4 rings (SSSR count). The van der Waals surface area contributed by atoms with Crippen molar-refractivity contribution in [3.05, 3.63) is 68.9 Å². The van der Waals surface area contributed by atoms with Crippen LogP contribution in [0.5, 0.6) is 0 Å². The van der Waals surface area contributed by atoms with Crippen LogP contribution in [0.25, 0.3) is 0 Å². The van der Waals surface area contributed by atoms with Gasteiger partial charge >= 0.3 is 0 Å². The number of nitriles is 3. The summed E-state index contributed by atoms with van der Waals surface area (Å²) in [5.41, 5.74) is -3.50. The molecule has 9 heteroatoms. The summed E-state index contributed by atoms with van der Waals surface area (Å²) in [4.78, 5) is 0. The van der Waals surface area contributed by atoms with Gasteiger partial charge in [-0.1, -0.05) is 52.7 Å². The van der Waals surface area contributed by atoms with Gasteiger partial charge in [-0.3, -0.25) is 5.41 Å². The molecule has 2 aliphatic rings. The Morgan fingerprint density at radius 2 is 1.74 bits per heavy atom. The van der Waals surface area contributed by atoms with Crippen LogP contribution in [0.15, 0.2) is 46.9 Å². The van der Waals surface area contributed by atoms with Crippen LogP contribution in [0.4, 0.5) is 4.39 Å². The maximum atomic E-state index is 14.3. The second kappa shape index (κ2) is 7.04. The molecule has 0 saturated carbocycles. The monoisotopic (exact) mass is 498 g/mol. The van der Waals surface area contributed by atoms with Crippen molar-refractivity contribution in [3.63, 3.8) is 0 Å². The molecular weight excluding hydrogens is 487 g/mol. The fourth-order valence-electron chi connectivity index (χ4n) is 4.53. The van der Waals surface area contributed by atoms with Gasteiger partial charge in [0.05, 0.1) is 29.1 Å². The zero-order valence-corrected chi connectivity index (χ0v) is 18.3. The molecule has 0 radical (unpaired) electrons. The fraction of sp³-hybridized carbons (Fsp3) is 0.273. The molecule has 2 bridgehead atoms. The zero-order valence-electron chi connectivity index (χ0n) is 16.0. The van der Waals surface area contributed by atoms with E-state index in [2.05, 4.69) is 15.9 Å². The van der Waals surface area contributed by atoms with Crippen LogP contribution in [0.1, 0.15) is 24.2 Å². The largest absolute Gasteiger partial charge is 0.443 e. The molecule has 1 N–H and O–H groups in total. The van der Waals surface area contributed by atoms with Crippen LogP contribution in [-0.2, 0) is 15.3 Å². The normalized spacial score (nSPS) is 30.5. The fourth-order valence-corrected chi connectivity index (χ4v) is 4.91. The maximum absolute atomic E-state index is 14.3. The minimum absolute atomic E-state index is 0.135. The molecule has 2 aromatic carbocycles. The third-order valence-corrected chi connectivity index (χ3v) is 7.00. The predicted molar refractivity (Wildman–Crippen MR) is 111 cm³/mol. The van der Waals surface area contributed by atoms with Gasteiger partial charge in [0, 0.05) is 10.0 Å². The van der Waals surface area contributed by atoms with Gasteiger partial charge in [0.25, 0.3) is 0 Å². The van der Waals surface area contributed by atoms with E-state index in [-0.39, 0.29) is 10.6 Å². The summed E-state index contributed by atoms with van der Waals surface area (Å²) in [6, 6.07) is 16.5. The van der Waals surface area contributed by atoms with E-state index in [0.717, 1.165) is 10.5 Å². The molecular formula is C22H13BrClFN4O2. The second-order valence-electron chi connectivity index (χ2n) is 7.45. The maximum Gasteiger partial charge on any atom is 0.244 e. The van der Waals surface area contributed by atoms with E-state index in [0.29, 0.717) is 5.56 Å². The van der Waals surface area contributed by atoms with Crippen LogP contribution in [0.2, 0.25) is 5.02 Å². The Bertz CT molecular complexity index is 1220. The number of ether oxygens (including phenoxy) is 2. The van der Waals surface area contributed by atoms with Crippen molar-refractivity contribution >= 4 is 33.4 Å². The summed E-state index contributed by atoms with van der Waals surface area (Å²) in [5.74, 6) is -3.83. The molecule has 0 spiro atoms. The molecule has 31 heavy (non-hydrogen) atoms. The average Bonchev–Trinajstić information content (AvgIpc) is 2.92. The van der Waals surface area contributed by atoms with Gasteiger partial charge in [-0.2, -0.15) is 15.8 Å². The van der Waals surface area contributed by atoms with Crippen LogP contribution >= 0.6 is 27.5 Å². The lowest BCUT2D eigenvalue weighted by Crippen LogP contribution is -2.57. The summed E-state index contributed by atoms with van der Waals surface area (Å²) in [6.45, 7) is 1.61. The van der Waals surface area contributed by atoms with Crippen molar-refractivity contribution in [3.8, 4) is 18.2 Å². The molecule has 2 aliphatic heterocycles. The van der Waals surface area contributed by atoms with E-state index in [1.54, 1.807) is 31.2 Å². The van der Waals surface area contributed by atoms with Crippen LogP contribution in [0.3, 0.4) is 0 Å². The van der Waals surface area contributed by atoms with Crippen molar-refractivity contribution in [2.75, 3.05) is 0 Å². The van der Waals surface area contributed by atoms with Gasteiger partial charge < -0.3 is 9.47 Å². The number of fused-ring (bicyclic) bond motifs is 2. The van der Waals surface area contributed by atoms with Crippen molar-refractivity contribution < 1.29 is 13.9 Å². The average molecular weight is 500 g/mol. The van der Waals surface area contributed by atoms with Gasteiger partial charge in [-0.15, -0.1) is 0 Å². The van der Waals surface area contributed by atoms with Crippen molar-refractivity contribution in [1.29, 1.82) is 21.2 Å². The minimum atomic E-state index is -2.17. The number of hydrogen-bond acceptors (Lipinski definition) is 6. The van der Waals surface area contributed by atoms with Gasteiger partial charge in [0.15, 0.2) is 5.41 Å². The number of benzene rings is 2. The standard InChI is InChI=1S/C22H13BrClFN4O2/c1-12-21(11-28)19(29)31-22(12,14-3-5-15(23)6-4-14)30-18(20(21,9-26)10-27)13-2-7-16(24)17(25)8-13/h2-8,12,18,29H,1H3. The Morgan fingerprint density at radius 1 is 1.10 bits per heavy atom. The SMILES string of the molecule is CC1C2(c3ccc(Br)cc3)OC(=N)C1(C#N)C(C#N)(C#N)C(c1ccc(Cl)c(F)c1)O2. The van der Waals surface area contributed by atoms with E-state index >= 15 is 0 Å². The quantitative estimate of drug-likeness (QED) is 0.598. The van der Waals surface area contributed by atoms with Gasteiger partial charge in [0.2, 0.25) is 17.1 Å². The third kappa shape index (κ3) is 2.52. The van der Waals surface area contributed by atoms with E-state index in [1.165, 1.54) is 12.1 Å². The van der Waals surface area contributed by atoms with E-state index in [1.807, 2.05) is 18.2 Å². The Kier molecular flexibility index (Phi) is 4.83. The van der Waals surface area contributed by atoms with Crippen molar-refractivity contribution in [2.45, 2.75) is 18.8 Å². The number of rotatable bonds is 2. The molecule has 0 aliphatic carbocycles. The summed E-state index contributed by atoms with van der Waals surface area (Å²) in [6.07, 6.45) is -1.39. The number of halogens is 3. The lowest BCUT2D eigenvalue weighted by atomic mass is 9.53. The molecule has 154 valence electrons. The summed E-state index contributed by atoms with van der Waals surface area (Å²) in [7, 11) is 0. The van der Waals surface area contributed by atoms with E-state index in [9.17, 15) is 20.2 Å². The van der Waals surface area contributed by atoms with Crippen LogP contribution < -0.4 is 0 Å². The summed E-state index contributed by atoms with van der Waals surface area (Å²) < 4.78 is 27.3. The first-order chi connectivity index (χ1) is 14.7. The van der Waals surface area contributed by atoms with Crippen LogP contribution in [0, 0.1) is 62.0 Å². The number of nitrogens with one attached hydrogen (secondary N) is 1. The first kappa shape index (κ1) is 21.3. The Labute approximate surface area is 191 Å². The summed E-state index contributed by atoms with van der Waals surface area (Å²) in [5, 5.41) is 39.0.